The molecule has 0 unspecified atom stereocenters. The predicted molar refractivity (Wildman–Crippen MR) is 76.9 cm³/mol. The van der Waals surface area contributed by atoms with Gasteiger partial charge >= 0.3 is 5.97 Å². The third-order valence-electron chi connectivity index (χ3n) is 3.19. The summed E-state index contributed by atoms with van der Waals surface area (Å²) in [5, 5.41) is 2.50. The molecule has 0 saturated heterocycles. The molecule has 3 nitrogen and oxygen atoms in total. The molecule has 2 aromatic rings. The van der Waals surface area contributed by atoms with Gasteiger partial charge in [0.25, 0.3) is 0 Å². The highest BCUT2D eigenvalue weighted by Crippen LogP contribution is 2.16. The molecule has 0 saturated carbocycles. The van der Waals surface area contributed by atoms with Crippen LogP contribution in [-0.2, 0) is 16.1 Å². The summed E-state index contributed by atoms with van der Waals surface area (Å²) in [5.74, 6) is -0.162. The largest absolute Gasteiger partial charge is 0.469 e. The molecule has 0 aliphatic heterocycles. The maximum absolute atomic E-state index is 11.1. The van der Waals surface area contributed by atoms with Gasteiger partial charge < -0.3 is 9.64 Å². The first-order valence-corrected chi connectivity index (χ1v) is 6.42. The highest BCUT2D eigenvalue weighted by Gasteiger charge is 2.05. The van der Waals surface area contributed by atoms with Crippen LogP contribution in [0.25, 0.3) is 10.8 Å². The van der Waals surface area contributed by atoms with Crippen molar-refractivity contribution in [2.45, 2.75) is 13.0 Å². The van der Waals surface area contributed by atoms with Crippen molar-refractivity contribution in [2.24, 2.45) is 0 Å². The van der Waals surface area contributed by atoms with E-state index in [0.29, 0.717) is 13.0 Å². The molecule has 0 N–H and O–H groups in total. The molecule has 100 valence electrons. The summed E-state index contributed by atoms with van der Waals surface area (Å²) in [6, 6.07) is 14.8. The molecule has 2 aromatic carbocycles. The molecule has 2 rings (SSSR count). The topological polar surface area (TPSA) is 29.5 Å². The lowest BCUT2D eigenvalue weighted by atomic mass is 10.1. The van der Waals surface area contributed by atoms with Crippen molar-refractivity contribution in [3.63, 3.8) is 0 Å². The van der Waals surface area contributed by atoms with Crippen molar-refractivity contribution in [2.75, 3.05) is 20.7 Å². The van der Waals surface area contributed by atoms with Crippen molar-refractivity contribution in [3.05, 3.63) is 48.0 Å². The standard InChI is InChI=1S/C16H19NO2/c1-17(10-9-16(18)19-2)12-13-7-8-14-5-3-4-6-15(14)11-13/h3-8,11H,9-10,12H2,1-2H3. The summed E-state index contributed by atoms with van der Waals surface area (Å²) in [7, 11) is 3.43. The number of ether oxygens (including phenoxy) is 1. The van der Waals surface area contributed by atoms with Gasteiger partial charge in [0.2, 0.25) is 0 Å². The van der Waals surface area contributed by atoms with E-state index in [2.05, 4.69) is 40.0 Å². The summed E-state index contributed by atoms with van der Waals surface area (Å²) in [6.45, 7) is 1.54. The van der Waals surface area contributed by atoms with E-state index in [1.54, 1.807) is 0 Å². The van der Waals surface area contributed by atoms with Gasteiger partial charge in [-0.25, -0.2) is 0 Å². The van der Waals surface area contributed by atoms with Crippen LogP contribution < -0.4 is 0 Å². The number of nitrogens with zero attached hydrogens (tertiary/aromatic N) is 1. The number of hydrogen-bond donors (Lipinski definition) is 0. The summed E-state index contributed by atoms with van der Waals surface area (Å²) in [4.78, 5) is 13.2. The summed E-state index contributed by atoms with van der Waals surface area (Å²) in [5.41, 5.74) is 1.26. The molecule has 0 aliphatic carbocycles. The number of methoxy groups -OCH3 is 1. The average molecular weight is 257 g/mol. The van der Waals surface area contributed by atoms with Gasteiger partial charge in [-0.05, 0) is 29.4 Å². The molecule has 0 heterocycles. The van der Waals surface area contributed by atoms with Crippen LogP contribution >= 0.6 is 0 Å². The molecule has 3 heteroatoms. The van der Waals surface area contributed by atoms with Gasteiger partial charge in [-0.2, -0.15) is 0 Å². The highest BCUT2D eigenvalue weighted by molar-refractivity contribution is 5.82. The van der Waals surface area contributed by atoms with Crippen molar-refractivity contribution in [1.82, 2.24) is 4.90 Å². The van der Waals surface area contributed by atoms with Gasteiger partial charge in [0.05, 0.1) is 13.5 Å². The van der Waals surface area contributed by atoms with E-state index in [1.165, 1.54) is 23.4 Å². The van der Waals surface area contributed by atoms with Gasteiger partial charge in [-0.1, -0.05) is 36.4 Å². The number of benzene rings is 2. The first kappa shape index (κ1) is 13.6. The van der Waals surface area contributed by atoms with E-state index >= 15 is 0 Å². The molecule has 0 aliphatic rings. The Bertz CT molecular complexity index is 565. The van der Waals surface area contributed by atoms with Crippen molar-refractivity contribution < 1.29 is 9.53 Å². The molecule has 0 aromatic heterocycles. The number of carbonyl (C=O) groups excluding carboxylic acids is 1. The van der Waals surface area contributed by atoms with Crippen LogP contribution in [0.4, 0.5) is 0 Å². The first-order chi connectivity index (χ1) is 9.19. The Kier molecular flexibility index (Phi) is 4.53. The fourth-order valence-corrected chi connectivity index (χ4v) is 2.11. The Morgan fingerprint density at radius 3 is 2.63 bits per heavy atom. The number of rotatable bonds is 5. The minimum Gasteiger partial charge on any atom is -0.469 e. The van der Waals surface area contributed by atoms with Crippen LogP contribution in [0.1, 0.15) is 12.0 Å². The monoisotopic (exact) mass is 257 g/mol. The smallest absolute Gasteiger partial charge is 0.306 e. The van der Waals surface area contributed by atoms with Gasteiger partial charge in [0, 0.05) is 13.1 Å². The van der Waals surface area contributed by atoms with Crippen LogP contribution in [0, 0.1) is 0 Å². The Balaban J connectivity index is 1.98. The molecule has 0 spiro atoms. The molecular weight excluding hydrogens is 238 g/mol. The molecule has 0 amide bonds. The Morgan fingerprint density at radius 1 is 1.16 bits per heavy atom. The normalized spacial score (nSPS) is 10.9. The maximum atomic E-state index is 11.1. The van der Waals surface area contributed by atoms with Crippen LogP contribution in [0.15, 0.2) is 42.5 Å². The van der Waals surface area contributed by atoms with Crippen LogP contribution in [0.3, 0.4) is 0 Å². The van der Waals surface area contributed by atoms with Gasteiger partial charge in [0.1, 0.15) is 0 Å². The lowest BCUT2D eigenvalue weighted by Crippen LogP contribution is -2.21. The number of hydrogen-bond acceptors (Lipinski definition) is 3. The fraction of sp³-hybridized carbons (Fsp3) is 0.312. The molecule has 0 radical (unpaired) electrons. The Labute approximate surface area is 113 Å². The van der Waals surface area contributed by atoms with Crippen molar-refractivity contribution >= 4 is 16.7 Å². The molecule has 0 fully saturated rings. The average Bonchev–Trinajstić information content (AvgIpc) is 2.44. The second-order valence-electron chi connectivity index (χ2n) is 4.75. The molecule has 19 heavy (non-hydrogen) atoms. The SMILES string of the molecule is COC(=O)CCN(C)Cc1ccc2ccccc2c1. The Morgan fingerprint density at radius 2 is 1.89 bits per heavy atom. The lowest BCUT2D eigenvalue weighted by molar-refractivity contribution is -0.140. The Hall–Kier alpha value is -1.87. The van der Waals surface area contributed by atoms with Gasteiger partial charge in [-0.15, -0.1) is 0 Å². The summed E-state index contributed by atoms with van der Waals surface area (Å²) in [6.07, 6.45) is 0.431. The van der Waals surface area contributed by atoms with E-state index in [4.69, 9.17) is 0 Å². The minimum atomic E-state index is -0.162. The number of carbonyl (C=O) groups is 1. The third kappa shape index (κ3) is 3.80. The second-order valence-corrected chi connectivity index (χ2v) is 4.75. The molecule has 0 bridgehead atoms. The first-order valence-electron chi connectivity index (χ1n) is 6.42. The number of esters is 1. The van der Waals surface area contributed by atoms with Crippen molar-refractivity contribution in [3.8, 4) is 0 Å². The number of fused-ring (bicyclic) bond motifs is 1. The van der Waals surface area contributed by atoms with Crippen LogP contribution in [0.5, 0.6) is 0 Å². The van der Waals surface area contributed by atoms with E-state index < -0.39 is 0 Å². The van der Waals surface area contributed by atoms with Crippen LogP contribution in [-0.4, -0.2) is 31.6 Å². The van der Waals surface area contributed by atoms with Crippen LogP contribution in [0.2, 0.25) is 0 Å². The zero-order valence-electron chi connectivity index (χ0n) is 11.4. The maximum Gasteiger partial charge on any atom is 0.306 e. The second kappa shape index (κ2) is 6.34. The minimum absolute atomic E-state index is 0.162. The lowest BCUT2D eigenvalue weighted by Gasteiger charge is -2.16. The van der Waals surface area contributed by atoms with E-state index in [-0.39, 0.29) is 5.97 Å². The fourth-order valence-electron chi connectivity index (χ4n) is 2.11. The molecular formula is C16H19NO2. The van der Waals surface area contributed by atoms with E-state index in [0.717, 1.165) is 6.54 Å². The summed E-state index contributed by atoms with van der Waals surface area (Å²) < 4.78 is 4.64. The zero-order valence-corrected chi connectivity index (χ0v) is 11.4. The highest BCUT2D eigenvalue weighted by atomic mass is 16.5. The predicted octanol–water partition coefficient (Wildman–Crippen LogP) is 2.83. The van der Waals surface area contributed by atoms with E-state index in [9.17, 15) is 4.79 Å². The quantitative estimate of drug-likeness (QED) is 0.771. The zero-order chi connectivity index (χ0) is 13.7. The van der Waals surface area contributed by atoms with E-state index in [1.807, 2.05) is 19.2 Å². The molecule has 0 atom stereocenters. The van der Waals surface area contributed by atoms with Gasteiger partial charge in [-0.3, -0.25) is 4.79 Å². The van der Waals surface area contributed by atoms with Gasteiger partial charge in [0.15, 0.2) is 0 Å². The summed E-state index contributed by atoms with van der Waals surface area (Å²) >= 11 is 0. The third-order valence-corrected chi connectivity index (χ3v) is 3.19. The van der Waals surface area contributed by atoms with Crippen molar-refractivity contribution in [1.29, 1.82) is 0 Å².